The molecule has 0 amide bonds. The molecular weight excluding hydrogens is 262 g/mol. The molecule has 0 radical (unpaired) electrons. The van der Waals surface area contributed by atoms with Crippen LogP contribution in [0.25, 0.3) is 0 Å². The first-order chi connectivity index (χ1) is 9.92. The SMILES string of the molecule is CCCNCc1csc2c1CCCCCCCCCC2. The van der Waals surface area contributed by atoms with E-state index in [-0.39, 0.29) is 0 Å². The Morgan fingerprint density at radius 1 is 0.950 bits per heavy atom. The van der Waals surface area contributed by atoms with Crippen LogP contribution in [0.3, 0.4) is 0 Å². The van der Waals surface area contributed by atoms with Crippen LogP contribution in [0.15, 0.2) is 5.38 Å². The van der Waals surface area contributed by atoms with E-state index in [9.17, 15) is 0 Å². The number of thiophene rings is 1. The van der Waals surface area contributed by atoms with Gasteiger partial charge in [-0.25, -0.2) is 0 Å². The minimum atomic E-state index is 1.08. The van der Waals surface area contributed by atoms with E-state index in [0.29, 0.717) is 0 Å². The van der Waals surface area contributed by atoms with Crippen molar-refractivity contribution in [2.24, 2.45) is 0 Å². The molecule has 1 heterocycles. The minimum absolute atomic E-state index is 1.08. The zero-order valence-electron chi connectivity index (χ0n) is 13.2. The highest BCUT2D eigenvalue weighted by Gasteiger charge is 2.11. The topological polar surface area (TPSA) is 12.0 Å². The Labute approximate surface area is 129 Å². The molecule has 0 spiro atoms. The highest BCUT2D eigenvalue weighted by atomic mass is 32.1. The van der Waals surface area contributed by atoms with Crippen LogP contribution in [0, 0.1) is 0 Å². The molecule has 0 saturated carbocycles. The second kappa shape index (κ2) is 9.57. The average molecular weight is 294 g/mol. The molecule has 0 bridgehead atoms. The normalized spacial score (nSPS) is 18.1. The number of nitrogens with one attached hydrogen (secondary N) is 1. The van der Waals surface area contributed by atoms with Crippen molar-refractivity contribution in [1.82, 2.24) is 5.32 Å². The molecule has 114 valence electrons. The summed E-state index contributed by atoms with van der Waals surface area (Å²) in [6.07, 6.45) is 15.3. The number of hydrogen-bond donors (Lipinski definition) is 1. The van der Waals surface area contributed by atoms with E-state index in [1.54, 1.807) is 16.0 Å². The van der Waals surface area contributed by atoms with Gasteiger partial charge in [0.05, 0.1) is 0 Å². The molecule has 1 aromatic rings. The van der Waals surface area contributed by atoms with E-state index in [0.717, 1.165) is 13.1 Å². The van der Waals surface area contributed by atoms with Crippen molar-refractivity contribution in [1.29, 1.82) is 0 Å². The molecule has 20 heavy (non-hydrogen) atoms. The third-order valence-corrected chi connectivity index (χ3v) is 5.53. The zero-order chi connectivity index (χ0) is 14.0. The van der Waals surface area contributed by atoms with E-state index in [4.69, 9.17) is 0 Å². The Kier molecular flexibility index (Phi) is 7.67. The highest BCUT2D eigenvalue weighted by molar-refractivity contribution is 7.10. The summed E-state index contributed by atoms with van der Waals surface area (Å²) < 4.78 is 0. The highest BCUT2D eigenvalue weighted by Crippen LogP contribution is 2.27. The van der Waals surface area contributed by atoms with Crippen LogP contribution in [0.5, 0.6) is 0 Å². The van der Waals surface area contributed by atoms with E-state index < -0.39 is 0 Å². The standard InChI is InChI=1S/C18H31NS/c1-2-13-19-14-16-15-20-18-12-10-8-6-4-3-5-7-9-11-17(16)18/h15,19H,2-14H2,1H3. The lowest BCUT2D eigenvalue weighted by Gasteiger charge is -2.10. The minimum Gasteiger partial charge on any atom is -0.313 e. The van der Waals surface area contributed by atoms with Crippen LogP contribution in [0.1, 0.15) is 80.7 Å². The molecule has 0 unspecified atom stereocenters. The summed E-state index contributed by atoms with van der Waals surface area (Å²) in [4.78, 5) is 1.69. The van der Waals surface area contributed by atoms with Gasteiger partial charge >= 0.3 is 0 Å². The third-order valence-electron chi connectivity index (χ3n) is 4.39. The van der Waals surface area contributed by atoms with Gasteiger partial charge in [0.15, 0.2) is 0 Å². The predicted molar refractivity (Wildman–Crippen MR) is 90.7 cm³/mol. The van der Waals surface area contributed by atoms with Crippen molar-refractivity contribution in [3.05, 3.63) is 21.4 Å². The maximum atomic E-state index is 3.58. The molecule has 1 aliphatic carbocycles. The molecule has 0 aromatic carbocycles. The molecule has 0 atom stereocenters. The lowest BCUT2D eigenvalue weighted by atomic mass is 9.98. The summed E-state index contributed by atoms with van der Waals surface area (Å²) in [5, 5.41) is 6.00. The number of hydrogen-bond acceptors (Lipinski definition) is 2. The molecule has 1 N–H and O–H groups in total. The summed E-state index contributed by atoms with van der Waals surface area (Å²) in [5.74, 6) is 0. The van der Waals surface area contributed by atoms with E-state index in [1.807, 2.05) is 11.3 Å². The second-order valence-electron chi connectivity index (χ2n) is 6.17. The molecular formula is C18H31NS. The molecule has 0 saturated heterocycles. The Morgan fingerprint density at radius 2 is 1.60 bits per heavy atom. The van der Waals surface area contributed by atoms with Crippen LogP contribution >= 0.6 is 11.3 Å². The van der Waals surface area contributed by atoms with Gasteiger partial charge in [-0.15, -0.1) is 11.3 Å². The van der Waals surface area contributed by atoms with Crippen molar-refractivity contribution in [2.75, 3.05) is 6.54 Å². The first-order valence-electron chi connectivity index (χ1n) is 8.70. The molecule has 2 heteroatoms. The Morgan fingerprint density at radius 3 is 2.30 bits per heavy atom. The number of fused-ring (bicyclic) bond motifs is 1. The van der Waals surface area contributed by atoms with Gasteiger partial charge in [0, 0.05) is 11.4 Å². The molecule has 1 aliphatic rings. The number of rotatable bonds is 4. The molecule has 0 fully saturated rings. The van der Waals surface area contributed by atoms with Gasteiger partial charge in [-0.1, -0.05) is 45.4 Å². The fourth-order valence-corrected chi connectivity index (χ4v) is 4.32. The largest absolute Gasteiger partial charge is 0.313 e. The fourth-order valence-electron chi connectivity index (χ4n) is 3.17. The van der Waals surface area contributed by atoms with Crippen LogP contribution in [-0.2, 0) is 19.4 Å². The molecule has 2 rings (SSSR count). The summed E-state index contributed by atoms with van der Waals surface area (Å²) in [6.45, 7) is 4.47. The first-order valence-corrected chi connectivity index (χ1v) is 9.58. The Bertz CT molecular complexity index is 356. The Balaban J connectivity index is 1.97. The summed E-state index contributed by atoms with van der Waals surface area (Å²) in [6, 6.07) is 0. The van der Waals surface area contributed by atoms with Crippen molar-refractivity contribution >= 4 is 11.3 Å². The lowest BCUT2D eigenvalue weighted by molar-refractivity contribution is 0.560. The van der Waals surface area contributed by atoms with E-state index >= 15 is 0 Å². The van der Waals surface area contributed by atoms with Crippen molar-refractivity contribution in [3.8, 4) is 0 Å². The quantitative estimate of drug-likeness (QED) is 0.726. The lowest BCUT2D eigenvalue weighted by Crippen LogP contribution is -2.14. The maximum Gasteiger partial charge on any atom is 0.0216 e. The van der Waals surface area contributed by atoms with Gasteiger partial charge in [-0.05, 0) is 55.2 Å². The van der Waals surface area contributed by atoms with Crippen LogP contribution in [0.2, 0.25) is 0 Å². The van der Waals surface area contributed by atoms with Crippen molar-refractivity contribution in [2.45, 2.75) is 84.1 Å². The summed E-state index contributed by atoms with van der Waals surface area (Å²) in [7, 11) is 0. The van der Waals surface area contributed by atoms with Gasteiger partial charge in [0.1, 0.15) is 0 Å². The third kappa shape index (κ3) is 5.21. The predicted octanol–water partition coefficient (Wildman–Crippen LogP) is 5.47. The fraction of sp³-hybridized carbons (Fsp3) is 0.778. The van der Waals surface area contributed by atoms with E-state index in [1.165, 1.54) is 70.6 Å². The number of aryl methyl sites for hydroxylation is 1. The van der Waals surface area contributed by atoms with Gasteiger partial charge < -0.3 is 5.32 Å². The van der Waals surface area contributed by atoms with Crippen LogP contribution in [-0.4, -0.2) is 6.54 Å². The summed E-state index contributed by atoms with van der Waals surface area (Å²) >= 11 is 2.02. The smallest absolute Gasteiger partial charge is 0.0216 e. The molecule has 1 nitrogen and oxygen atoms in total. The first kappa shape index (κ1) is 16.0. The van der Waals surface area contributed by atoms with Crippen molar-refractivity contribution in [3.63, 3.8) is 0 Å². The van der Waals surface area contributed by atoms with Crippen LogP contribution < -0.4 is 5.32 Å². The van der Waals surface area contributed by atoms with Crippen LogP contribution in [0.4, 0.5) is 0 Å². The van der Waals surface area contributed by atoms with Gasteiger partial charge in [-0.2, -0.15) is 0 Å². The maximum absolute atomic E-state index is 3.58. The Hall–Kier alpha value is -0.340. The van der Waals surface area contributed by atoms with Gasteiger partial charge in [0.2, 0.25) is 0 Å². The zero-order valence-corrected chi connectivity index (χ0v) is 14.0. The van der Waals surface area contributed by atoms with Gasteiger partial charge in [0.25, 0.3) is 0 Å². The van der Waals surface area contributed by atoms with Crippen molar-refractivity contribution < 1.29 is 0 Å². The molecule has 1 aromatic heterocycles. The molecule has 0 aliphatic heterocycles. The summed E-state index contributed by atoms with van der Waals surface area (Å²) in [5.41, 5.74) is 3.30. The monoisotopic (exact) mass is 293 g/mol. The second-order valence-corrected chi connectivity index (χ2v) is 7.13. The van der Waals surface area contributed by atoms with Gasteiger partial charge in [-0.3, -0.25) is 0 Å². The average Bonchev–Trinajstić information content (AvgIpc) is 2.81. The van der Waals surface area contributed by atoms with E-state index in [2.05, 4.69) is 17.6 Å².